The number of benzene rings is 2. The minimum Gasteiger partial charge on any atom is -0.362 e. The van der Waals surface area contributed by atoms with Crippen molar-refractivity contribution < 1.29 is 22.8 Å². The lowest BCUT2D eigenvalue weighted by Crippen LogP contribution is -2.44. The number of halogens is 3. The number of nitrogens with one attached hydrogen (secondary N) is 4. The first-order valence-electron chi connectivity index (χ1n) is 14.1. The molecule has 1 saturated heterocycles. The Balaban J connectivity index is 1.15. The lowest BCUT2D eigenvalue weighted by atomic mass is 10.0. The van der Waals surface area contributed by atoms with Crippen LogP contribution in [0.3, 0.4) is 0 Å². The molecule has 44 heavy (non-hydrogen) atoms. The molecule has 6 rings (SSSR count). The average Bonchev–Trinajstić information content (AvgIpc) is 3.62. The molecule has 226 valence electrons. The number of likely N-dealkylation sites (N-methyl/N-ethyl adjacent to an activating group) is 1. The molecule has 0 saturated carbocycles. The highest BCUT2D eigenvalue weighted by Gasteiger charge is 2.34. The summed E-state index contributed by atoms with van der Waals surface area (Å²) >= 11 is 0. The van der Waals surface area contributed by atoms with Crippen molar-refractivity contribution in [2.45, 2.75) is 12.7 Å². The number of pyridine rings is 1. The van der Waals surface area contributed by atoms with Crippen LogP contribution < -0.4 is 16.0 Å². The number of nitrogens with zero attached hydrogens (tertiary/aromatic N) is 3. The maximum absolute atomic E-state index is 14.0. The molecule has 0 aliphatic carbocycles. The van der Waals surface area contributed by atoms with E-state index in [-0.39, 0.29) is 29.3 Å². The van der Waals surface area contributed by atoms with Gasteiger partial charge in [-0.05, 0) is 73.3 Å². The van der Waals surface area contributed by atoms with Crippen molar-refractivity contribution in [1.29, 1.82) is 0 Å². The van der Waals surface area contributed by atoms with Crippen LogP contribution in [-0.4, -0.2) is 64.8 Å². The lowest BCUT2D eigenvalue weighted by molar-refractivity contribution is -0.138. The van der Waals surface area contributed by atoms with Gasteiger partial charge in [0.25, 0.3) is 11.8 Å². The number of alkyl halides is 3. The second-order valence-electron chi connectivity index (χ2n) is 10.8. The van der Waals surface area contributed by atoms with E-state index in [1.807, 2.05) is 24.1 Å². The highest BCUT2D eigenvalue weighted by molar-refractivity contribution is 6.34. The smallest absolute Gasteiger partial charge is 0.362 e. The predicted octanol–water partition coefficient (Wildman–Crippen LogP) is 5.66. The van der Waals surface area contributed by atoms with Gasteiger partial charge in [-0.3, -0.25) is 14.5 Å². The summed E-state index contributed by atoms with van der Waals surface area (Å²) in [6.07, 6.45) is -1.05. The van der Waals surface area contributed by atoms with Crippen molar-refractivity contribution in [3.63, 3.8) is 0 Å². The van der Waals surface area contributed by atoms with Crippen LogP contribution in [-0.2, 0) is 17.5 Å². The first kappa shape index (κ1) is 29.1. The van der Waals surface area contributed by atoms with E-state index in [0.29, 0.717) is 41.5 Å². The third kappa shape index (κ3) is 6.51. The minimum atomic E-state index is -4.56. The van der Waals surface area contributed by atoms with Crippen molar-refractivity contribution in [3.05, 3.63) is 101 Å². The number of hydrogen-bond acceptors (Lipinski definition) is 6. The Bertz CT molecular complexity index is 1730. The zero-order valence-corrected chi connectivity index (χ0v) is 23.8. The number of aromatic amines is 1. The molecule has 0 atom stereocenters. The number of carbonyl (C=O) groups excluding carboxylic acids is 2. The molecule has 0 bridgehead atoms. The summed E-state index contributed by atoms with van der Waals surface area (Å²) in [5.74, 6) is 0.0255. The van der Waals surface area contributed by atoms with Gasteiger partial charge in [-0.1, -0.05) is 12.1 Å². The van der Waals surface area contributed by atoms with Crippen molar-refractivity contribution in [1.82, 2.24) is 19.8 Å². The molecule has 0 unspecified atom stereocenters. The third-order valence-electron chi connectivity index (χ3n) is 7.64. The van der Waals surface area contributed by atoms with Crippen LogP contribution in [0.5, 0.6) is 0 Å². The van der Waals surface area contributed by atoms with Crippen molar-refractivity contribution in [2.75, 3.05) is 49.2 Å². The van der Waals surface area contributed by atoms with Crippen molar-refractivity contribution >= 4 is 46.5 Å². The first-order chi connectivity index (χ1) is 21.1. The number of fused-ring (bicyclic) bond motifs is 1. The molecule has 2 aliphatic rings. The van der Waals surface area contributed by atoms with Crippen LogP contribution in [0.1, 0.15) is 32.7 Å². The number of piperazine rings is 1. The van der Waals surface area contributed by atoms with Gasteiger partial charge in [-0.2, -0.15) is 13.2 Å². The van der Waals surface area contributed by atoms with Gasteiger partial charge in [0.05, 0.1) is 11.1 Å². The largest absolute Gasteiger partial charge is 0.416 e. The number of amides is 2. The maximum atomic E-state index is 14.0. The maximum Gasteiger partial charge on any atom is 0.416 e. The van der Waals surface area contributed by atoms with Gasteiger partial charge in [0, 0.05) is 67.1 Å². The van der Waals surface area contributed by atoms with Crippen LogP contribution in [0, 0.1) is 0 Å². The fourth-order valence-electron chi connectivity index (χ4n) is 5.26. The zero-order chi connectivity index (χ0) is 30.8. The van der Waals surface area contributed by atoms with E-state index in [0.717, 1.165) is 24.8 Å². The Kier molecular flexibility index (Phi) is 7.93. The molecule has 9 nitrogen and oxygen atoms in total. The van der Waals surface area contributed by atoms with Crippen LogP contribution in [0.25, 0.3) is 11.6 Å². The summed E-state index contributed by atoms with van der Waals surface area (Å²) in [4.78, 5) is 37.3. The summed E-state index contributed by atoms with van der Waals surface area (Å²) in [7, 11) is 1.99. The summed E-state index contributed by atoms with van der Waals surface area (Å²) in [6, 6.07) is 17.7. The highest BCUT2D eigenvalue weighted by atomic mass is 19.4. The zero-order valence-electron chi connectivity index (χ0n) is 23.8. The summed E-state index contributed by atoms with van der Waals surface area (Å²) in [5, 5.41) is 8.49. The lowest BCUT2D eigenvalue weighted by Gasteiger charge is -2.33. The molecule has 12 heteroatoms. The Hall–Kier alpha value is -4.94. The Labute approximate surface area is 251 Å². The van der Waals surface area contributed by atoms with Gasteiger partial charge < -0.3 is 25.8 Å². The highest BCUT2D eigenvalue weighted by Crippen LogP contribution is 2.35. The van der Waals surface area contributed by atoms with E-state index in [2.05, 4.69) is 30.8 Å². The van der Waals surface area contributed by atoms with Crippen LogP contribution in [0.15, 0.2) is 72.9 Å². The van der Waals surface area contributed by atoms with E-state index < -0.39 is 17.6 Å². The molecule has 0 spiro atoms. The molecular formula is C32H30F3N7O2. The number of aromatic nitrogens is 2. The Morgan fingerprint density at radius 2 is 1.82 bits per heavy atom. The molecule has 4 heterocycles. The monoisotopic (exact) mass is 601 g/mol. The van der Waals surface area contributed by atoms with Gasteiger partial charge in [-0.25, -0.2) is 4.98 Å². The topological polar surface area (TPSA) is 105 Å². The van der Waals surface area contributed by atoms with Crippen LogP contribution in [0.2, 0.25) is 0 Å². The number of H-pyrrole nitrogens is 1. The van der Waals surface area contributed by atoms with Crippen LogP contribution >= 0.6 is 0 Å². The van der Waals surface area contributed by atoms with Gasteiger partial charge in [0.15, 0.2) is 0 Å². The molecule has 4 aromatic rings. The van der Waals surface area contributed by atoms with Gasteiger partial charge in [-0.15, -0.1) is 0 Å². The third-order valence-corrected chi connectivity index (χ3v) is 7.64. The molecule has 4 N–H and O–H groups in total. The van der Waals surface area contributed by atoms with Gasteiger partial charge in [0.1, 0.15) is 11.6 Å². The average molecular weight is 602 g/mol. The second-order valence-corrected chi connectivity index (χ2v) is 10.8. The molecule has 2 aromatic heterocycles. The van der Waals surface area contributed by atoms with E-state index in [1.165, 1.54) is 12.1 Å². The molecule has 1 fully saturated rings. The fraction of sp³-hybridized carbons (Fsp3) is 0.219. The Morgan fingerprint density at radius 3 is 2.57 bits per heavy atom. The fourth-order valence-corrected chi connectivity index (χ4v) is 5.26. The standard InChI is InChI=1S/C32H30F3N7O2/c1-41-12-14-42(15-13-41)19-21-7-8-24(18-27(21)32(33,34)35)38-30(43)20-4-2-5-23(16-20)37-28-10-9-25-26(17-22-6-3-11-36-22)31(44)40-29(25)39-28/h2-11,16-18,36H,12-15,19H2,1H3,(H,38,43)(H2,37,39,40,44)/b26-17-. The molecule has 2 aromatic carbocycles. The Morgan fingerprint density at radius 1 is 1.00 bits per heavy atom. The van der Waals surface area contributed by atoms with E-state index >= 15 is 0 Å². The molecule has 2 amide bonds. The molecule has 0 radical (unpaired) electrons. The van der Waals surface area contributed by atoms with E-state index in [1.54, 1.807) is 48.7 Å². The van der Waals surface area contributed by atoms with Gasteiger partial charge >= 0.3 is 6.18 Å². The van der Waals surface area contributed by atoms with E-state index in [9.17, 15) is 22.8 Å². The quantitative estimate of drug-likeness (QED) is 0.204. The minimum absolute atomic E-state index is 0.0575. The second kappa shape index (κ2) is 12.0. The van der Waals surface area contributed by atoms with Crippen LogP contribution in [0.4, 0.5) is 36.2 Å². The summed E-state index contributed by atoms with van der Waals surface area (Å²) < 4.78 is 42.0. The summed E-state index contributed by atoms with van der Waals surface area (Å²) in [6.45, 7) is 3.18. The first-order valence-corrected chi connectivity index (χ1v) is 14.1. The number of hydrogen-bond donors (Lipinski definition) is 4. The predicted molar refractivity (Wildman–Crippen MR) is 163 cm³/mol. The summed E-state index contributed by atoms with van der Waals surface area (Å²) in [5.41, 5.74) is 2.20. The number of rotatable bonds is 7. The van der Waals surface area contributed by atoms with Gasteiger partial charge in [0.2, 0.25) is 0 Å². The number of anilines is 4. The van der Waals surface area contributed by atoms with E-state index in [4.69, 9.17) is 0 Å². The molecular weight excluding hydrogens is 571 g/mol. The normalized spacial score (nSPS) is 16.5. The van der Waals surface area contributed by atoms with Crippen molar-refractivity contribution in [2.24, 2.45) is 0 Å². The van der Waals surface area contributed by atoms with Crippen molar-refractivity contribution in [3.8, 4) is 0 Å². The SMILES string of the molecule is CN1CCN(Cc2ccc(NC(=O)c3cccc(Nc4ccc5c(n4)NC(=O)/C5=C\c4ccc[nH]4)c3)cc2C(F)(F)F)CC1. The number of carbonyl (C=O) groups is 2. The molecule has 2 aliphatic heterocycles.